The number of carbonyl (C=O) groups is 1. The minimum atomic E-state index is -0.960. The number of carboxylic acids is 1. The van der Waals surface area contributed by atoms with E-state index >= 15 is 0 Å². The summed E-state index contributed by atoms with van der Waals surface area (Å²) in [6.07, 6.45) is 5.38. The molecule has 1 aromatic heterocycles. The third kappa shape index (κ3) is 4.09. The molecule has 0 aliphatic carbocycles. The van der Waals surface area contributed by atoms with E-state index in [9.17, 15) is 4.79 Å². The van der Waals surface area contributed by atoms with Crippen molar-refractivity contribution >= 4 is 17.3 Å². The van der Waals surface area contributed by atoms with Gasteiger partial charge in [0.2, 0.25) is 0 Å². The zero-order valence-corrected chi connectivity index (χ0v) is 13.7. The molecule has 0 saturated carbocycles. The zero-order valence-electron chi connectivity index (χ0n) is 12.9. The van der Waals surface area contributed by atoms with Crippen molar-refractivity contribution in [3.63, 3.8) is 0 Å². The number of ether oxygens (including phenoxy) is 1. The van der Waals surface area contributed by atoms with Gasteiger partial charge in [-0.25, -0.2) is 9.78 Å². The number of nitrogens with zero attached hydrogens (tertiary/aromatic N) is 2. The summed E-state index contributed by atoms with van der Waals surface area (Å²) in [5, 5.41) is 12.0. The van der Waals surface area contributed by atoms with Crippen LogP contribution in [0.25, 0.3) is 0 Å². The highest BCUT2D eigenvalue weighted by Gasteiger charge is 2.26. The minimum Gasteiger partial charge on any atom is -0.482 e. The molecule has 3 rings (SSSR count). The van der Waals surface area contributed by atoms with Crippen molar-refractivity contribution in [2.24, 2.45) is 0 Å². The largest absolute Gasteiger partial charge is 0.482 e. The van der Waals surface area contributed by atoms with Crippen molar-refractivity contribution in [2.45, 2.75) is 31.8 Å². The maximum Gasteiger partial charge on any atom is 0.341 e. The zero-order chi connectivity index (χ0) is 16.1. The fraction of sp³-hybridized carbons (Fsp3) is 0.412. The first kappa shape index (κ1) is 16.0. The predicted molar refractivity (Wildman–Crippen MR) is 88.7 cm³/mol. The Labute approximate surface area is 139 Å². The SMILES string of the molecule is O=C(O)COc1ccccc1CN1CCCC[C@@H]1c1nccs1. The van der Waals surface area contributed by atoms with E-state index in [1.165, 1.54) is 12.8 Å². The smallest absolute Gasteiger partial charge is 0.341 e. The van der Waals surface area contributed by atoms with Gasteiger partial charge < -0.3 is 9.84 Å². The molecule has 1 N–H and O–H groups in total. The highest BCUT2D eigenvalue weighted by atomic mass is 32.1. The first-order chi connectivity index (χ1) is 11.2. The number of piperidine rings is 1. The molecule has 1 aliphatic heterocycles. The number of para-hydroxylation sites is 1. The lowest BCUT2D eigenvalue weighted by Crippen LogP contribution is -2.33. The van der Waals surface area contributed by atoms with Gasteiger partial charge >= 0.3 is 5.97 Å². The third-order valence-electron chi connectivity index (χ3n) is 4.05. The van der Waals surface area contributed by atoms with Gasteiger partial charge in [-0.2, -0.15) is 0 Å². The number of likely N-dealkylation sites (tertiary alicyclic amines) is 1. The summed E-state index contributed by atoms with van der Waals surface area (Å²) in [4.78, 5) is 17.6. The van der Waals surface area contributed by atoms with E-state index in [4.69, 9.17) is 9.84 Å². The van der Waals surface area contributed by atoms with Gasteiger partial charge in [0.05, 0.1) is 6.04 Å². The summed E-state index contributed by atoms with van der Waals surface area (Å²) in [5.41, 5.74) is 1.03. The summed E-state index contributed by atoms with van der Waals surface area (Å²) >= 11 is 1.70. The monoisotopic (exact) mass is 332 g/mol. The van der Waals surface area contributed by atoms with E-state index in [2.05, 4.69) is 9.88 Å². The Morgan fingerprint density at radius 2 is 2.26 bits per heavy atom. The van der Waals surface area contributed by atoms with Crippen LogP contribution in [0.1, 0.15) is 35.9 Å². The van der Waals surface area contributed by atoms with Crippen molar-refractivity contribution in [3.05, 3.63) is 46.4 Å². The highest BCUT2D eigenvalue weighted by molar-refractivity contribution is 7.09. The molecular weight excluding hydrogens is 312 g/mol. The summed E-state index contributed by atoms with van der Waals surface area (Å²) in [6.45, 7) is 1.46. The van der Waals surface area contributed by atoms with E-state index < -0.39 is 5.97 Å². The van der Waals surface area contributed by atoms with Gasteiger partial charge in [-0.3, -0.25) is 4.90 Å². The normalized spacial score (nSPS) is 18.7. The van der Waals surface area contributed by atoms with Gasteiger partial charge in [-0.15, -0.1) is 11.3 Å². The lowest BCUT2D eigenvalue weighted by molar-refractivity contribution is -0.139. The van der Waals surface area contributed by atoms with Gasteiger partial charge in [-0.05, 0) is 25.5 Å². The number of benzene rings is 1. The summed E-state index contributed by atoms with van der Waals surface area (Å²) < 4.78 is 5.43. The topological polar surface area (TPSA) is 62.7 Å². The van der Waals surface area contributed by atoms with Gasteiger partial charge in [0.15, 0.2) is 6.61 Å². The van der Waals surface area contributed by atoms with Crippen LogP contribution in [0, 0.1) is 0 Å². The molecule has 23 heavy (non-hydrogen) atoms. The van der Waals surface area contributed by atoms with E-state index in [1.807, 2.05) is 35.8 Å². The Hall–Kier alpha value is -1.92. The number of carboxylic acid groups (broad SMARTS) is 1. The standard InChI is InChI=1S/C17H20N2O3S/c20-16(21)12-22-15-7-2-1-5-13(15)11-19-9-4-3-6-14(19)17-18-8-10-23-17/h1-2,5,7-8,10,14H,3-4,6,9,11-12H2,(H,20,21)/t14-/m1/s1. The second kappa shape index (κ2) is 7.57. The Morgan fingerprint density at radius 3 is 3.04 bits per heavy atom. The molecule has 1 aromatic carbocycles. The second-order valence-corrected chi connectivity index (χ2v) is 6.57. The molecule has 2 aromatic rings. The van der Waals surface area contributed by atoms with Crippen molar-refractivity contribution in [1.29, 1.82) is 0 Å². The molecule has 0 unspecified atom stereocenters. The van der Waals surface area contributed by atoms with Crippen molar-refractivity contribution in [1.82, 2.24) is 9.88 Å². The van der Waals surface area contributed by atoms with Crippen LogP contribution in [0.2, 0.25) is 0 Å². The average molecular weight is 332 g/mol. The van der Waals surface area contributed by atoms with Crippen LogP contribution >= 0.6 is 11.3 Å². The molecule has 122 valence electrons. The molecular formula is C17H20N2O3S. The van der Waals surface area contributed by atoms with Gasteiger partial charge in [0.25, 0.3) is 0 Å². The van der Waals surface area contributed by atoms with Gasteiger partial charge in [0, 0.05) is 23.7 Å². The molecule has 5 nitrogen and oxygen atoms in total. The molecule has 0 amide bonds. The lowest BCUT2D eigenvalue weighted by atomic mass is 10.0. The fourth-order valence-corrected chi connectivity index (χ4v) is 3.80. The lowest BCUT2D eigenvalue weighted by Gasteiger charge is -2.34. The number of rotatable bonds is 6. The summed E-state index contributed by atoms with van der Waals surface area (Å²) in [5.74, 6) is -0.309. The van der Waals surface area contributed by atoms with Crippen LogP contribution in [0.5, 0.6) is 5.75 Å². The highest BCUT2D eigenvalue weighted by Crippen LogP contribution is 2.34. The van der Waals surface area contributed by atoms with Crippen LogP contribution in [-0.4, -0.2) is 34.1 Å². The molecule has 6 heteroatoms. The van der Waals surface area contributed by atoms with Crippen molar-refractivity contribution in [2.75, 3.05) is 13.2 Å². The molecule has 1 aliphatic rings. The van der Waals surface area contributed by atoms with E-state index in [0.717, 1.165) is 30.1 Å². The van der Waals surface area contributed by atoms with Crippen LogP contribution < -0.4 is 4.74 Å². The molecule has 1 fully saturated rings. The van der Waals surface area contributed by atoms with Crippen LogP contribution in [0.15, 0.2) is 35.8 Å². The number of thiazole rings is 1. The second-order valence-electron chi connectivity index (χ2n) is 5.64. The Morgan fingerprint density at radius 1 is 1.39 bits per heavy atom. The maximum atomic E-state index is 10.7. The first-order valence-corrected chi connectivity index (χ1v) is 8.68. The van der Waals surface area contributed by atoms with E-state index in [0.29, 0.717) is 11.8 Å². The Balaban J connectivity index is 1.75. The summed E-state index contributed by atoms with van der Waals surface area (Å²) in [6, 6.07) is 8.02. The summed E-state index contributed by atoms with van der Waals surface area (Å²) in [7, 11) is 0. The minimum absolute atomic E-state index is 0.313. The maximum absolute atomic E-state index is 10.7. The predicted octanol–water partition coefficient (Wildman–Crippen LogP) is 3.33. The quantitative estimate of drug-likeness (QED) is 0.879. The molecule has 0 radical (unpaired) electrons. The van der Waals surface area contributed by atoms with Crippen molar-refractivity contribution < 1.29 is 14.6 Å². The van der Waals surface area contributed by atoms with E-state index in [1.54, 1.807) is 11.3 Å². The molecule has 0 bridgehead atoms. The first-order valence-electron chi connectivity index (χ1n) is 7.80. The average Bonchev–Trinajstić information content (AvgIpc) is 3.09. The van der Waals surface area contributed by atoms with Crippen LogP contribution in [0.3, 0.4) is 0 Å². The van der Waals surface area contributed by atoms with Crippen LogP contribution in [-0.2, 0) is 11.3 Å². The number of hydrogen-bond acceptors (Lipinski definition) is 5. The Kier molecular flexibility index (Phi) is 5.25. The third-order valence-corrected chi connectivity index (χ3v) is 4.92. The van der Waals surface area contributed by atoms with Crippen molar-refractivity contribution in [3.8, 4) is 5.75 Å². The number of hydrogen-bond donors (Lipinski definition) is 1. The molecule has 1 atom stereocenters. The van der Waals surface area contributed by atoms with Gasteiger partial charge in [0.1, 0.15) is 10.8 Å². The molecule has 0 spiro atoms. The number of aromatic nitrogens is 1. The fourth-order valence-electron chi connectivity index (χ4n) is 2.99. The van der Waals surface area contributed by atoms with E-state index in [-0.39, 0.29) is 6.61 Å². The Bertz CT molecular complexity index is 645. The molecule has 2 heterocycles. The van der Waals surface area contributed by atoms with Gasteiger partial charge in [-0.1, -0.05) is 24.6 Å². The number of aliphatic carboxylic acids is 1. The van der Waals surface area contributed by atoms with Crippen LogP contribution in [0.4, 0.5) is 0 Å². The molecule has 1 saturated heterocycles.